The minimum Gasteiger partial charge on any atom is -0.507 e. The van der Waals surface area contributed by atoms with E-state index in [1.807, 2.05) is 69.3 Å². The fourth-order valence-electron chi connectivity index (χ4n) is 3.95. The van der Waals surface area contributed by atoms with E-state index < -0.39 is 17.7 Å². The monoisotopic (exact) mass is 427 g/mol. The Hall–Kier alpha value is -3.86. The zero-order valence-corrected chi connectivity index (χ0v) is 18.3. The molecule has 1 amide bonds. The zero-order chi connectivity index (χ0) is 22.8. The number of aliphatic hydroxyl groups excluding tert-OH is 1. The number of aliphatic hydroxyl groups is 1. The second kappa shape index (κ2) is 8.71. The van der Waals surface area contributed by atoms with Gasteiger partial charge in [-0.05, 0) is 68.3 Å². The van der Waals surface area contributed by atoms with Crippen LogP contribution in [-0.4, -0.2) is 22.9 Å². The smallest absolute Gasteiger partial charge is 0.300 e. The van der Waals surface area contributed by atoms with E-state index in [0.717, 1.165) is 11.1 Å². The molecule has 5 nitrogen and oxygen atoms in total. The number of amides is 1. The lowest BCUT2D eigenvalue weighted by molar-refractivity contribution is -0.132. The number of anilines is 1. The third-order valence-corrected chi connectivity index (χ3v) is 5.34. The van der Waals surface area contributed by atoms with E-state index in [9.17, 15) is 14.7 Å². The summed E-state index contributed by atoms with van der Waals surface area (Å²) in [4.78, 5) is 27.7. The van der Waals surface area contributed by atoms with Gasteiger partial charge in [-0.15, -0.1) is 0 Å². The molecule has 1 aliphatic rings. The number of Topliss-reactive ketones (excluding diaryl/α,β-unsaturated/α-hetero) is 1. The van der Waals surface area contributed by atoms with Gasteiger partial charge in [-0.2, -0.15) is 0 Å². The minimum atomic E-state index is -0.732. The van der Waals surface area contributed by atoms with Gasteiger partial charge in [0.25, 0.3) is 11.7 Å². The zero-order valence-electron chi connectivity index (χ0n) is 18.3. The first-order valence-corrected chi connectivity index (χ1v) is 10.6. The Morgan fingerprint density at radius 1 is 0.938 bits per heavy atom. The Balaban J connectivity index is 1.85. The van der Waals surface area contributed by atoms with Gasteiger partial charge in [0.05, 0.1) is 17.7 Å². The quantitative estimate of drug-likeness (QED) is 0.336. The molecule has 1 atom stereocenters. The maximum Gasteiger partial charge on any atom is 0.300 e. The number of carbonyl (C=O) groups is 2. The lowest BCUT2D eigenvalue weighted by Gasteiger charge is -2.25. The summed E-state index contributed by atoms with van der Waals surface area (Å²) in [5.41, 5.74) is 2.84. The second-order valence-corrected chi connectivity index (χ2v) is 8.11. The fourth-order valence-corrected chi connectivity index (χ4v) is 3.95. The Bertz CT molecular complexity index is 1180. The third kappa shape index (κ3) is 4.02. The van der Waals surface area contributed by atoms with Crippen LogP contribution in [0.2, 0.25) is 0 Å². The van der Waals surface area contributed by atoms with Crippen molar-refractivity contribution in [1.82, 2.24) is 0 Å². The van der Waals surface area contributed by atoms with E-state index in [2.05, 4.69) is 0 Å². The normalized spacial score (nSPS) is 17.8. The summed E-state index contributed by atoms with van der Waals surface area (Å²) in [5, 5.41) is 11.2. The van der Waals surface area contributed by atoms with Gasteiger partial charge in [0.1, 0.15) is 11.5 Å². The number of ether oxygens (including phenoxy) is 1. The van der Waals surface area contributed by atoms with Crippen molar-refractivity contribution < 1.29 is 19.4 Å². The van der Waals surface area contributed by atoms with E-state index in [1.165, 1.54) is 4.90 Å². The van der Waals surface area contributed by atoms with Crippen LogP contribution >= 0.6 is 0 Å². The topological polar surface area (TPSA) is 66.8 Å². The summed E-state index contributed by atoms with van der Waals surface area (Å²) in [7, 11) is 0. The van der Waals surface area contributed by atoms with E-state index in [0.29, 0.717) is 17.0 Å². The van der Waals surface area contributed by atoms with Crippen LogP contribution in [-0.2, 0) is 9.59 Å². The summed E-state index contributed by atoms with van der Waals surface area (Å²) >= 11 is 0. The van der Waals surface area contributed by atoms with E-state index in [1.54, 1.807) is 30.3 Å². The fraction of sp³-hybridized carbons (Fsp3) is 0.185. The highest BCUT2D eigenvalue weighted by molar-refractivity contribution is 6.51. The second-order valence-electron chi connectivity index (χ2n) is 8.11. The van der Waals surface area contributed by atoms with Crippen LogP contribution in [0.15, 0.2) is 84.4 Å². The summed E-state index contributed by atoms with van der Waals surface area (Å²) < 4.78 is 5.66. The molecule has 0 aromatic heterocycles. The van der Waals surface area contributed by atoms with Crippen LogP contribution in [0.25, 0.3) is 5.76 Å². The molecule has 0 bridgehead atoms. The molecule has 1 fully saturated rings. The summed E-state index contributed by atoms with van der Waals surface area (Å²) in [6.45, 7) is 5.79. The number of ketones is 1. The van der Waals surface area contributed by atoms with Crippen LogP contribution in [0.4, 0.5) is 5.69 Å². The molecule has 1 aliphatic heterocycles. The van der Waals surface area contributed by atoms with Crippen molar-refractivity contribution in [2.75, 3.05) is 4.90 Å². The molecule has 5 heteroatoms. The van der Waals surface area contributed by atoms with Gasteiger partial charge in [-0.1, -0.05) is 42.5 Å². The molecule has 1 heterocycles. The SMILES string of the molecule is Cc1cccc(N2C(=O)C(=O)/C(=C(/O)c3ccc(OC(C)C)cc3)C2c2ccccc2)c1. The number of hydrogen-bond donors (Lipinski definition) is 1. The van der Waals surface area contributed by atoms with Crippen LogP contribution in [0.1, 0.15) is 36.6 Å². The van der Waals surface area contributed by atoms with Gasteiger partial charge in [-0.3, -0.25) is 14.5 Å². The van der Waals surface area contributed by atoms with Gasteiger partial charge in [-0.25, -0.2) is 0 Å². The summed E-state index contributed by atoms with van der Waals surface area (Å²) in [6, 6.07) is 22.8. The molecule has 1 N–H and O–H groups in total. The highest BCUT2D eigenvalue weighted by Crippen LogP contribution is 2.42. The lowest BCUT2D eigenvalue weighted by atomic mass is 9.95. The first-order chi connectivity index (χ1) is 15.4. The van der Waals surface area contributed by atoms with Crippen molar-refractivity contribution in [2.24, 2.45) is 0 Å². The minimum absolute atomic E-state index is 0.0205. The average molecular weight is 428 g/mol. The number of nitrogens with zero attached hydrogens (tertiary/aromatic N) is 1. The van der Waals surface area contributed by atoms with Crippen molar-refractivity contribution in [2.45, 2.75) is 32.9 Å². The number of aryl methyl sites for hydroxylation is 1. The van der Waals surface area contributed by atoms with Crippen LogP contribution in [0.5, 0.6) is 5.75 Å². The van der Waals surface area contributed by atoms with E-state index >= 15 is 0 Å². The van der Waals surface area contributed by atoms with E-state index in [4.69, 9.17) is 4.74 Å². The van der Waals surface area contributed by atoms with Gasteiger partial charge < -0.3 is 9.84 Å². The number of rotatable bonds is 5. The average Bonchev–Trinajstić information content (AvgIpc) is 3.05. The first kappa shape index (κ1) is 21.4. The molecule has 1 saturated heterocycles. The standard InChI is InChI=1S/C27H25NO4/c1-17(2)32-22-14-12-20(13-15-22)25(29)23-24(19-9-5-4-6-10-19)28(27(31)26(23)30)21-11-7-8-18(3)16-21/h4-17,24,29H,1-3H3/b25-23+. The highest BCUT2D eigenvalue weighted by Gasteiger charge is 2.46. The van der Waals surface area contributed by atoms with Gasteiger partial charge in [0.15, 0.2) is 0 Å². The molecule has 3 aromatic rings. The maximum absolute atomic E-state index is 13.2. The van der Waals surface area contributed by atoms with Crippen LogP contribution < -0.4 is 9.64 Å². The van der Waals surface area contributed by atoms with Gasteiger partial charge in [0.2, 0.25) is 0 Å². The Morgan fingerprint density at radius 2 is 1.62 bits per heavy atom. The maximum atomic E-state index is 13.2. The number of hydrogen-bond acceptors (Lipinski definition) is 4. The predicted octanol–water partition coefficient (Wildman–Crippen LogP) is 5.41. The molecule has 162 valence electrons. The molecule has 32 heavy (non-hydrogen) atoms. The lowest BCUT2D eigenvalue weighted by Crippen LogP contribution is -2.29. The third-order valence-electron chi connectivity index (χ3n) is 5.34. The van der Waals surface area contributed by atoms with Crippen LogP contribution in [0, 0.1) is 6.92 Å². The predicted molar refractivity (Wildman–Crippen MR) is 125 cm³/mol. The Labute approximate surface area is 187 Å². The van der Waals surface area contributed by atoms with Gasteiger partial charge in [0, 0.05) is 11.3 Å². The van der Waals surface area contributed by atoms with Crippen molar-refractivity contribution >= 4 is 23.1 Å². The molecular formula is C27H25NO4. The molecule has 3 aromatic carbocycles. The molecule has 0 aliphatic carbocycles. The molecule has 1 unspecified atom stereocenters. The molecule has 0 saturated carbocycles. The van der Waals surface area contributed by atoms with Crippen molar-refractivity contribution in [3.8, 4) is 5.75 Å². The first-order valence-electron chi connectivity index (χ1n) is 10.6. The number of carbonyl (C=O) groups excluding carboxylic acids is 2. The van der Waals surface area contributed by atoms with E-state index in [-0.39, 0.29) is 17.4 Å². The Kier molecular flexibility index (Phi) is 5.82. The highest BCUT2D eigenvalue weighted by atomic mass is 16.5. The van der Waals surface area contributed by atoms with Crippen molar-refractivity contribution in [3.63, 3.8) is 0 Å². The Morgan fingerprint density at radius 3 is 2.25 bits per heavy atom. The van der Waals surface area contributed by atoms with Gasteiger partial charge >= 0.3 is 0 Å². The van der Waals surface area contributed by atoms with Crippen LogP contribution in [0.3, 0.4) is 0 Å². The molecule has 0 spiro atoms. The largest absolute Gasteiger partial charge is 0.507 e. The number of benzene rings is 3. The van der Waals surface area contributed by atoms with Crippen molar-refractivity contribution in [3.05, 3.63) is 101 Å². The molecule has 4 rings (SSSR count). The van der Waals surface area contributed by atoms with Crippen molar-refractivity contribution in [1.29, 1.82) is 0 Å². The summed E-state index contributed by atoms with van der Waals surface area (Å²) in [6.07, 6.45) is 0.0205. The summed E-state index contributed by atoms with van der Waals surface area (Å²) in [5.74, 6) is -0.911. The molecular weight excluding hydrogens is 402 g/mol. The molecule has 0 radical (unpaired) electrons.